The van der Waals surface area contributed by atoms with E-state index in [0.29, 0.717) is 0 Å². The maximum atomic E-state index is 2.18. The summed E-state index contributed by atoms with van der Waals surface area (Å²) in [5.41, 5.74) is 0. The minimum atomic E-state index is 0. The van der Waals surface area contributed by atoms with E-state index in [-0.39, 0.29) is 8.41 Å². The van der Waals surface area contributed by atoms with Crippen LogP contribution in [0, 0.1) is 0 Å². The second-order valence-corrected chi connectivity index (χ2v) is 2.61. The molecule has 0 saturated carbocycles. The van der Waals surface area contributed by atoms with E-state index in [1.54, 1.807) is 0 Å². The second kappa shape index (κ2) is 3.08. The highest BCUT2D eigenvalue weighted by molar-refractivity contribution is 5.75. The van der Waals surface area contributed by atoms with Gasteiger partial charge in [0.15, 0.2) is 0 Å². The van der Waals surface area contributed by atoms with E-state index >= 15 is 0 Å². The molecule has 0 fully saturated rings. The van der Waals surface area contributed by atoms with Gasteiger partial charge in [-0.25, -0.2) is 0 Å². The minimum absolute atomic E-state index is 0. The van der Waals surface area contributed by atoms with E-state index < -0.39 is 0 Å². The van der Waals surface area contributed by atoms with Crippen LogP contribution < -0.4 is 0 Å². The van der Waals surface area contributed by atoms with Gasteiger partial charge in [0.2, 0.25) is 0 Å². The Balaban J connectivity index is 0. The number of hydrogen-bond donors (Lipinski definition) is 0. The Morgan fingerprint density at radius 1 is 1.14 bits per heavy atom. The van der Waals surface area contributed by atoms with Crippen molar-refractivity contribution in [2.45, 2.75) is 6.92 Å². The third kappa shape index (κ3) is 10.7. The molecule has 4 radical (unpaired) electrons. The molecule has 2 heteroatoms. The molecule has 0 unspecified atom stereocenters. The maximum Gasteiger partial charge on any atom is 0.0751 e. The van der Waals surface area contributed by atoms with Crippen molar-refractivity contribution in [2.75, 3.05) is 27.7 Å². The highest BCUT2D eigenvalue weighted by Gasteiger charge is 1.97. The van der Waals surface area contributed by atoms with Gasteiger partial charge in [-0.05, 0) is 6.92 Å². The normalized spacial score (nSPS) is 10.3. The molecule has 0 bridgehead atoms. The van der Waals surface area contributed by atoms with Gasteiger partial charge >= 0.3 is 0 Å². The molecular formula is C5H14BN. The molecule has 0 heterocycles. The first kappa shape index (κ1) is 10.1. The van der Waals surface area contributed by atoms with Crippen LogP contribution in [0.2, 0.25) is 0 Å². The molecule has 0 aromatic rings. The van der Waals surface area contributed by atoms with Crippen LogP contribution in [0.1, 0.15) is 6.92 Å². The summed E-state index contributed by atoms with van der Waals surface area (Å²) < 4.78 is 1.07. The number of hydrogen-bond acceptors (Lipinski definition) is 0. The number of quaternary nitrogens is 1. The molecule has 0 aromatic carbocycles. The van der Waals surface area contributed by atoms with Gasteiger partial charge in [0.1, 0.15) is 0 Å². The van der Waals surface area contributed by atoms with Crippen molar-refractivity contribution in [1.82, 2.24) is 0 Å². The monoisotopic (exact) mass is 99.1 g/mol. The molecule has 0 amide bonds. The summed E-state index contributed by atoms with van der Waals surface area (Å²) in [7, 11) is 6.54. The Kier molecular flexibility index (Phi) is 4.45. The van der Waals surface area contributed by atoms with E-state index in [4.69, 9.17) is 0 Å². The summed E-state index contributed by atoms with van der Waals surface area (Å²) in [6.07, 6.45) is 0. The Labute approximate surface area is 48.5 Å². The fourth-order valence-electron chi connectivity index (χ4n) is 0. The highest BCUT2D eigenvalue weighted by Crippen LogP contribution is 1.83. The molecule has 0 rings (SSSR count). The zero-order valence-corrected chi connectivity index (χ0v) is 5.73. The van der Waals surface area contributed by atoms with E-state index in [2.05, 4.69) is 28.1 Å². The van der Waals surface area contributed by atoms with Crippen LogP contribution in [-0.4, -0.2) is 40.6 Å². The summed E-state index contributed by atoms with van der Waals surface area (Å²) in [5.74, 6) is 0. The van der Waals surface area contributed by atoms with Gasteiger partial charge in [0.25, 0.3) is 0 Å². The first-order valence-corrected chi connectivity index (χ1v) is 2.36. The fraction of sp³-hybridized carbons (Fsp3) is 1.00. The van der Waals surface area contributed by atoms with E-state index in [0.717, 1.165) is 4.48 Å². The van der Waals surface area contributed by atoms with Gasteiger partial charge in [-0.2, -0.15) is 0 Å². The average Bonchev–Trinajstić information content (AvgIpc) is 1.35. The molecule has 0 aromatic heterocycles. The Hall–Kier alpha value is 0.0249. The van der Waals surface area contributed by atoms with Crippen molar-refractivity contribution in [2.24, 2.45) is 0 Å². The van der Waals surface area contributed by atoms with Gasteiger partial charge in [-0.1, -0.05) is 0 Å². The lowest BCUT2D eigenvalue weighted by Gasteiger charge is -2.20. The smallest absolute Gasteiger partial charge is 0.0751 e. The summed E-state index contributed by atoms with van der Waals surface area (Å²) >= 11 is 0. The Bertz CT molecular complexity index is 37.8. The van der Waals surface area contributed by atoms with Crippen LogP contribution in [0.5, 0.6) is 0 Å². The molecule has 0 N–H and O–H groups in total. The van der Waals surface area contributed by atoms with Gasteiger partial charge < -0.3 is 12.9 Å². The predicted octanol–water partition coefficient (Wildman–Crippen LogP) is 0.332. The van der Waals surface area contributed by atoms with Crippen molar-refractivity contribution in [3.8, 4) is 0 Å². The van der Waals surface area contributed by atoms with Gasteiger partial charge in [0.05, 0.1) is 27.7 Å². The van der Waals surface area contributed by atoms with Crippen molar-refractivity contribution in [3.05, 3.63) is 0 Å². The lowest BCUT2D eigenvalue weighted by Crippen LogP contribution is -2.33. The van der Waals surface area contributed by atoms with E-state index in [9.17, 15) is 0 Å². The van der Waals surface area contributed by atoms with Crippen LogP contribution >= 0.6 is 0 Å². The van der Waals surface area contributed by atoms with Gasteiger partial charge in [0, 0.05) is 0 Å². The summed E-state index contributed by atoms with van der Waals surface area (Å²) in [5, 5.41) is 0. The van der Waals surface area contributed by atoms with Crippen LogP contribution in [0.15, 0.2) is 0 Å². The third-order valence-corrected chi connectivity index (χ3v) is 0.949. The molecule has 7 heavy (non-hydrogen) atoms. The molecule has 1 nitrogen and oxygen atoms in total. The molecule has 0 aliphatic rings. The first-order chi connectivity index (χ1) is 2.56. The average molecular weight is 99.0 g/mol. The predicted molar refractivity (Wildman–Crippen MR) is 34.3 cm³/mol. The van der Waals surface area contributed by atoms with Crippen molar-refractivity contribution in [3.63, 3.8) is 0 Å². The van der Waals surface area contributed by atoms with Crippen molar-refractivity contribution >= 4 is 8.41 Å². The fourth-order valence-corrected chi connectivity index (χ4v) is 0. The standard InChI is InChI=1S/C5H14N.B/c1-5-6(2,3)4;/h5H2,1-4H3;/q+1;-1. The maximum absolute atomic E-state index is 2.18. The zero-order valence-electron chi connectivity index (χ0n) is 5.73. The number of rotatable bonds is 1. The van der Waals surface area contributed by atoms with Crippen LogP contribution in [0.3, 0.4) is 0 Å². The van der Waals surface area contributed by atoms with Crippen molar-refractivity contribution < 1.29 is 4.48 Å². The lowest BCUT2D eigenvalue weighted by molar-refractivity contribution is -0.868. The molecule has 42 valence electrons. The van der Waals surface area contributed by atoms with Gasteiger partial charge in [-0.3, -0.25) is 0 Å². The van der Waals surface area contributed by atoms with Crippen LogP contribution in [-0.2, 0) is 0 Å². The molecular weight excluding hydrogens is 84.9 g/mol. The third-order valence-electron chi connectivity index (χ3n) is 0.949. The van der Waals surface area contributed by atoms with E-state index in [1.165, 1.54) is 6.54 Å². The Morgan fingerprint density at radius 2 is 1.29 bits per heavy atom. The van der Waals surface area contributed by atoms with Crippen LogP contribution in [0.25, 0.3) is 0 Å². The molecule has 0 aliphatic heterocycles. The highest BCUT2D eigenvalue weighted by atomic mass is 15.3. The largest absolute Gasteiger partial charge is 1.00 e. The molecule has 0 aliphatic carbocycles. The topological polar surface area (TPSA) is 0 Å². The molecule has 0 atom stereocenters. The SMILES string of the molecule is CC[N+](C)(C)C.[B-]. The summed E-state index contributed by atoms with van der Waals surface area (Å²) in [6, 6.07) is 0. The van der Waals surface area contributed by atoms with Gasteiger partial charge in [-0.15, -0.1) is 0 Å². The lowest BCUT2D eigenvalue weighted by atomic mass is 10.6. The number of nitrogens with zero attached hydrogens (tertiary/aromatic N) is 1. The quantitative estimate of drug-likeness (QED) is 0.328. The molecule has 0 spiro atoms. The molecule has 0 saturated heterocycles. The van der Waals surface area contributed by atoms with Crippen molar-refractivity contribution in [1.29, 1.82) is 0 Å². The Morgan fingerprint density at radius 3 is 1.29 bits per heavy atom. The summed E-state index contributed by atoms with van der Waals surface area (Å²) in [4.78, 5) is 0. The van der Waals surface area contributed by atoms with E-state index in [1.807, 2.05) is 0 Å². The zero-order chi connectivity index (χ0) is 5.21. The summed E-state index contributed by atoms with van der Waals surface area (Å²) in [6.45, 7) is 3.39. The van der Waals surface area contributed by atoms with Crippen LogP contribution in [0.4, 0.5) is 0 Å². The first-order valence-electron chi connectivity index (χ1n) is 2.36. The second-order valence-electron chi connectivity index (χ2n) is 2.61. The minimum Gasteiger partial charge on any atom is -1.00 e.